The number of halogens is 1. The summed E-state index contributed by atoms with van der Waals surface area (Å²) in [4.78, 5) is 34.4. The SMILES string of the molecule is C[C@@H]1CN(C(=O)c2cc([N+](=O)[O-])ccc2F)C[C@H]1C(=O)O. The molecule has 1 aliphatic heterocycles. The molecule has 0 saturated carbocycles. The Hall–Kier alpha value is -2.51. The maximum Gasteiger partial charge on any atom is 0.308 e. The quantitative estimate of drug-likeness (QED) is 0.673. The van der Waals surface area contributed by atoms with Gasteiger partial charge in [0.2, 0.25) is 0 Å². The molecule has 1 amide bonds. The number of aliphatic carboxylic acids is 1. The second kappa shape index (κ2) is 5.47. The normalized spacial score (nSPS) is 21.3. The topological polar surface area (TPSA) is 101 Å². The first-order valence-electron chi connectivity index (χ1n) is 6.27. The maximum atomic E-state index is 13.7. The lowest BCUT2D eigenvalue weighted by Gasteiger charge is -2.16. The van der Waals surface area contributed by atoms with E-state index in [1.54, 1.807) is 6.92 Å². The minimum atomic E-state index is -1.02. The molecule has 1 aromatic carbocycles. The molecule has 7 nitrogen and oxygen atoms in total. The van der Waals surface area contributed by atoms with Crippen molar-refractivity contribution in [1.82, 2.24) is 4.90 Å². The van der Waals surface area contributed by atoms with Crippen LogP contribution >= 0.6 is 0 Å². The van der Waals surface area contributed by atoms with E-state index in [2.05, 4.69) is 0 Å². The minimum Gasteiger partial charge on any atom is -0.481 e. The molecular formula is C13H13FN2O5. The van der Waals surface area contributed by atoms with E-state index < -0.39 is 34.1 Å². The van der Waals surface area contributed by atoms with E-state index in [4.69, 9.17) is 5.11 Å². The number of carboxylic acids is 1. The molecule has 1 fully saturated rings. The second-order valence-electron chi connectivity index (χ2n) is 5.05. The third kappa shape index (κ3) is 2.83. The van der Waals surface area contributed by atoms with Gasteiger partial charge in [-0.1, -0.05) is 6.92 Å². The fourth-order valence-electron chi connectivity index (χ4n) is 2.42. The van der Waals surface area contributed by atoms with Crippen LogP contribution in [0.2, 0.25) is 0 Å². The van der Waals surface area contributed by atoms with Crippen LogP contribution in [0.4, 0.5) is 10.1 Å². The predicted molar refractivity (Wildman–Crippen MR) is 69.2 cm³/mol. The highest BCUT2D eigenvalue weighted by Gasteiger charge is 2.38. The number of likely N-dealkylation sites (tertiary alicyclic amines) is 1. The van der Waals surface area contributed by atoms with Crippen molar-refractivity contribution in [2.45, 2.75) is 6.92 Å². The van der Waals surface area contributed by atoms with Gasteiger partial charge < -0.3 is 10.0 Å². The third-order valence-electron chi connectivity index (χ3n) is 3.61. The predicted octanol–water partition coefficient (Wildman–Crippen LogP) is 1.53. The first-order valence-corrected chi connectivity index (χ1v) is 6.27. The van der Waals surface area contributed by atoms with E-state index in [0.717, 1.165) is 18.2 Å². The molecule has 1 aliphatic rings. The average molecular weight is 296 g/mol. The van der Waals surface area contributed by atoms with Gasteiger partial charge in [-0.15, -0.1) is 0 Å². The van der Waals surface area contributed by atoms with Gasteiger partial charge in [0.15, 0.2) is 0 Å². The third-order valence-corrected chi connectivity index (χ3v) is 3.61. The zero-order valence-corrected chi connectivity index (χ0v) is 11.2. The van der Waals surface area contributed by atoms with Gasteiger partial charge in [0.05, 0.1) is 16.4 Å². The second-order valence-corrected chi connectivity index (χ2v) is 5.05. The number of carbonyl (C=O) groups is 2. The highest BCUT2D eigenvalue weighted by molar-refractivity contribution is 5.95. The van der Waals surface area contributed by atoms with Gasteiger partial charge >= 0.3 is 5.97 Å². The lowest BCUT2D eigenvalue weighted by Crippen LogP contribution is -2.30. The number of nitrogens with zero attached hydrogens (tertiary/aromatic N) is 2. The van der Waals surface area contributed by atoms with Crippen LogP contribution in [-0.2, 0) is 4.79 Å². The van der Waals surface area contributed by atoms with Gasteiger partial charge in [0.1, 0.15) is 5.82 Å². The summed E-state index contributed by atoms with van der Waals surface area (Å²) in [6.07, 6.45) is 0. The zero-order valence-electron chi connectivity index (χ0n) is 11.2. The van der Waals surface area contributed by atoms with Crippen LogP contribution in [0.15, 0.2) is 18.2 Å². The number of nitro groups is 1. The lowest BCUT2D eigenvalue weighted by atomic mass is 9.99. The van der Waals surface area contributed by atoms with Crippen molar-refractivity contribution in [3.8, 4) is 0 Å². The van der Waals surface area contributed by atoms with Gasteiger partial charge in [-0.05, 0) is 12.0 Å². The molecule has 1 heterocycles. The molecule has 112 valence electrons. The number of non-ortho nitro benzene ring substituents is 1. The summed E-state index contributed by atoms with van der Waals surface area (Å²) in [6.45, 7) is 1.84. The molecule has 0 bridgehead atoms. The van der Waals surface area contributed by atoms with Crippen molar-refractivity contribution in [2.24, 2.45) is 11.8 Å². The average Bonchev–Trinajstić information content (AvgIpc) is 2.80. The van der Waals surface area contributed by atoms with E-state index in [1.165, 1.54) is 4.90 Å². The van der Waals surface area contributed by atoms with E-state index in [0.29, 0.717) is 0 Å². The van der Waals surface area contributed by atoms with Crippen molar-refractivity contribution >= 4 is 17.6 Å². The minimum absolute atomic E-state index is 0.0303. The van der Waals surface area contributed by atoms with Crippen LogP contribution in [0.1, 0.15) is 17.3 Å². The molecule has 1 N–H and O–H groups in total. The summed E-state index contributed by atoms with van der Waals surface area (Å²) in [6, 6.07) is 2.70. The molecule has 2 rings (SSSR count). The molecule has 0 aliphatic carbocycles. The Morgan fingerprint density at radius 2 is 2.10 bits per heavy atom. The Morgan fingerprint density at radius 3 is 2.62 bits per heavy atom. The summed E-state index contributed by atoms with van der Waals surface area (Å²) in [5.74, 6) is -3.58. The first-order chi connectivity index (χ1) is 9.81. The number of amides is 1. The molecule has 1 aromatic rings. The Bertz CT molecular complexity index is 619. The van der Waals surface area contributed by atoms with Crippen LogP contribution < -0.4 is 0 Å². The molecule has 0 spiro atoms. The van der Waals surface area contributed by atoms with Crippen molar-refractivity contribution in [3.05, 3.63) is 39.7 Å². The molecule has 0 radical (unpaired) electrons. The lowest BCUT2D eigenvalue weighted by molar-refractivity contribution is -0.384. The standard InChI is InChI=1S/C13H13FN2O5/c1-7-5-15(6-10(7)13(18)19)12(17)9-4-8(16(20)21)2-3-11(9)14/h2-4,7,10H,5-6H2,1H3,(H,18,19)/t7-,10-/m1/s1. The number of carbonyl (C=O) groups excluding carboxylic acids is 1. The fourth-order valence-corrected chi connectivity index (χ4v) is 2.42. The molecule has 2 atom stereocenters. The number of hydrogen-bond acceptors (Lipinski definition) is 4. The number of rotatable bonds is 3. The van der Waals surface area contributed by atoms with Crippen LogP contribution in [0, 0.1) is 27.8 Å². The number of carboxylic acid groups (broad SMARTS) is 1. The monoisotopic (exact) mass is 296 g/mol. The maximum absolute atomic E-state index is 13.7. The smallest absolute Gasteiger partial charge is 0.308 e. The molecule has 1 saturated heterocycles. The molecule has 21 heavy (non-hydrogen) atoms. The first kappa shape index (κ1) is 14.9. The van der Waals surface area contributed by atoms with Gasteiger partial charge in [-0.3, -0.25) is 19.7 Å². The summed E-state index contributed by atoms with van der Waals surface area (Å²) < 4.78 is 13.7. The molecule has 0 unspecified atom stereocenters. The van der Waals surface area contributed by atoms with E-state index in [9.17, 15) is 24.1 Å². The van der Waals surface area contributed by atoms with E-state index in [1.807, 2.05) is 0 Å². The van der Waals surface area contributed by atoms with Crippen LogP contribution in [0.5, 0.6) is 0 Å². The van der Waals surface area contributed by atoms with Crippen LogP contribution in [0.25, 0.3) is 0 Å². The Morgan fingerprint density at radius 1 is 1.43 bits per heavy atom. The highest BCUT2D eigenvalue weighted by Crippen LogP contribution is 2.26. The number of hydrogen-bond donors (Lipinski definition) is 1. The fraction of sp³-hybridized carbons (Fsp3) is 0.385. The molecule has 0 aromatic heterocycles. The summed E-state index contributed by atoms with van der Waals surface area (Å²) in [5.41, 5.74) is -0.802. The Labute approximate surface area is 119 Å². The Kier molecular flexibility index (Phi) is 3.88. The van der Waals surface area contributed by atoms with Crippen molar-refractivity contribution in [2.75, 3.05) is 13.1 Å². The van der Waals surface area contributed by atoms with E-state index in [-0.39, 0.29) is 24.7 Å². The summed E-state index contributed by atoms with van der Waals surface area (Å²) in [5, 5.41) is 19.7. The summed E-state index contributed by atoms with van der Waals surface area (Å²) >= 11 is 0. The van der Waals surface area contributed by atoms with E-state index >= 15 is 0 Å². The van der Waals surface area contributed by atoms with Crippen molar-refractivity contribution in [1.29, 1.82) is 0 Å². The van der Waals surface area contributed by atoms with Gasteiger partial charge in [0.25, 0.3) is 11.6 Å². The van der Waals surface area contributed by atoms with Crippen molar-refractivity contribution < 1.29 is 24.0 Å². The van der Waals surface area contributed by atoms with Gasteiger partial charge in [0, 0.05) is 25.2 Å². The molecular weight excluding hydrogens is 283 g/mol. The van der Waals surface area contributed by atoms with Crippen LogP contribution in [0.3, 0.4) is 0 Å². The number of nitro benzene ring substituents is 1. The number of benzene rings is 1. The van der Waals surface area contributed by atoms with Gasteiger partial charge in [-0.25, -0.2) is 4.39 Å². The van der Waals surface area contributed by atoms with Crippen molar-refractivity contribution in [3.63, 3.8) is 0 Å². The molecule has 8 heteroatoms. The summed E-state index contributed by atoms with van der Waals surface area (Å²) in [7, 11) is 0. The Balaban J connectivity index is 2.27. The highest BCUT2D eigenvalue weighted by atomic mass is 19.1. The largest absolute Gasteiger partial charge is 0.481 e. The zero-order chi connectivity index (χ0) is 15.7. The van der Waals surface area contributed by atoms with Crippen LogP contribution in [-0.4, -0.2) is 39.9 Å². The van der Waals surface area contributed by atoms with Gasteiger partial charge in [-0.2, -0.15) is 0 Å².